The summed E-state index contributed by atoms with van der Waals surface area (Å²) in [6.07, 6.45) is 0.645. The monoisotopic (exact) mass is 487 g/mol. The van der Waals surface area contributed by atoms with Crippen LogP contribution in [0.4, 0.5) is 11.4 Å². The predicted octanol–water partition coefficient (Wildman–Crippen LogP) is 3.89. The van der Waals surface area contributed by atoms with Gasteiger partial charge in [-0.25, -0.2) is 4.90 Å². The molecule has 2 aliphatic rings. The summed E-state index contributed by atoms with van der Waals surface area (Å²) >= 11 is 0. The van der Waals surface area contributed by atoms with Crippen molar-refractivity contribution in [1.82, 2.24) is 4.90 Å². The molecule has 2 atom stereocenters. The topological polar surface area (TPSA) is 102 Å². The van der Waals surface area contributed by atoms with Crippen LogP contribution < -0.4 is 14.4 Å². The van der Waals surface area contributed by atoms with Crippen LogP contribution >= 0.6 is 0 Å². The number of benzene rings is 3. The minimum Gasteiger partial charge on any atom is -0.493 e. The van der Waals surface area contributed by atoms with Crippen molar-refractivity contribution in [3.8, 4) is 11.5 Å². The Hall–Kier alpha value is -4.24. The number of non-ortho nitro benzene ring substituents is 1. The highest BCUT2D eigenvalue weighted by Crippen LogP contribution is 2.43. The van der Waals surface area contributed by atoms with Crippen LogP contribution in [-0.2, 0) is 16.0 Å². The Labute approximate surface area is 208 Å². The number of para-hydroxylation sites is 1. The molecule has 0 saturated carbocycles. The summed E-state index contributed by atoms with van der Waals surface area (Å²) in [6, 6.07) is 17.9. The zero-order valence-electron chi connectivity index (χ0n) is 19.9. The molecule has 2 heterocycles. The van der Waals surface area contributed by atoms with Crippen LogP contribution in [0.15, 0.2) is 66.7 Å². The van der Waals surface area contributed by atoms with Crippen molar-refractivity contribution in [2.75, 3.05) is 25.7 Å². The molecule has 184 valence electrons. The Bertz CT molecular complexity index is 1340. The van der Waals surface area contributed by atoms with Crippen LogP contribution in [0.5, 0.6) is 11.5 Å². The van der Waals surface area contributed by atoms with Crippen molar-refractivity contribution in [3.05, 3.63) is 93.5 Å². The highest BCUT2D eigenvalue weighted by atomic mass is 16.6. The van der Waals surface area contributed by atoms with Gasteiger partial charge < -0.3 is 9.47 Å². The number of methoxy groups -OCH3 is 2. The van der Waals surface area contributed by atoms with E-state index in [1.165, 1.54) is 17.0 Å². The maximum absolute atomic E-state index is 13.6. The first kappa shape index (κ1) is 23.5. The number of rotatable bonds is 6. The molecule has 0 radical (unpaired) electrons. The van der Waals surface area contributed by atoms with Gasteiger partial charge in [0.05, 0.1) is 43.3 Å². The third-order valence-corrected chi connectivity index (χ3v) is 6.85. The van der Waals surface area contributed by atoms with E-state index in [2.05, 4.69) is 0 Å². The third kappa shape index (κ3) is 3.97. The second-order valence-corrected chi connectivity index (χ2v) is 8.77. The SMILES string of the molecule is COc1cc2c(cc1OC)[C@H](c1cccc([N+](=O)[O-])c1)N([C@H]1CC(=O)N(c3ccccc3)C1=O)CC2. The van der Waals surface area contributed by atoms with Gasteiger partial charge in [0.25, 0.3) is 11.6 Å². The Morgan fingerprint density at radius 2 is 1.67 bits per heavy atom. The highest BCUT2D eigenvalue weighted by Gasteiger charge is 2.46. The number of carbonyl (C=O) groups excluding carboxylic acids is 2. The number of carbonyl (C=O) groups is 2. The van der Waals surface area contributed by atoms with Gasteiger partial charge in [0.15, 0.2) is 11.5 Å². The zero-order chi connectivity index (χ0) is 25.4. The normalized spacial score (nSPS) is 19.8. The molecular formula is C27H25N3O6. The molecule has 36 heavy (non-hydrogen) atoms. The van der Waals surface area contributed by atoms with Crippen LogP contribution in [0.2, 0.25) is 0 Å². The van der Waals surface area contributed by atoms with Crippen molar-refractivity contribution in [1.29, 1.82) is 0 Å². The lowest BCUT2D eigenvalue weighted by Crippen LogP contribution is -2.47. The van der Waals surface area contributed by atoms with Crippen LogP contribution in [0.25, 0.3) is 0 Å². The van der Waals surface area contributed by atoms with E-state index >= 15 is 0 Å². The summed E-state index contributed by atoms with van der Waals surface area (Å²) in [4.78, 5) is 40.9. The first-order chi connectivity index (χ1) is 17.4. The standard InChI is InChI=1S/C27H25N3O6/c1-35-23-14-17-11-12-28(22-16-25(31)29(27(22)32)19-8-4-3-5-9-19)26(21(17)15-24(23)36-2)18-7-6-10-20(13-18)30(33)34/h3-10,13-15,22,26H,11-12,16H2,1-2H3/t22-,26-/m0/s1. The Balaban J connectivity index is 1.62. The van der Waals surface area contributed by atoms with Crippen molar-refractivity contribution in [2.45, 2.75) is 24.9 Å². The number of anilines is 1. The second-order valence-electron chi connectivity index (χ2n) is 8.77. The molecule has 1 saturated heterocycles. The Morgan fingerprint density at radius 1 is 0.944 bits per heavy atom. The number of nitrogens with zero attached hydrogens (tertiary/aromatic N) is 3. The lowest BCUT2D eigenvalue weighted by molar-refractivity contribution is -0.384. The van der Waals surface area contributed by atoms with E-state index in [4.69, 9.17) is 9.47 Å². The molecule has 0 N–H and O–H groups in total. The maximum Gasteiger partial charge on any atom is 0.269 e. The number of hydrogen-bond acceptors (Lipinski definition) is 7. The molecule has 0 spiro atoms. The van der Waals surface area contributed by atoms with Crippen LogP contribution in [0.1, 0.15) is 29.2 Å². The van der Waals surface area contributed by atoms with E-state index in [1.807, 2.05) is 29.2 Å². The fourth-order valence-corrected chi connectivity index (χ4v) is 5.20. The molecule has 5 rings (SSSR count). The van der Waals surface area contributed by atoms with E-state index in [1.54, 1.807) is 44.6 Å². The summed E-state index contributed by atoms with van der Waals surface area (Å²) in [5, 5.41) is 11.5. The largest absolute Gasteiger partial charge is 0.493 e. The average Bonchev–Trinajstić information content (AvgIpc) is 3.20. The minimum atomic E-state index is -0.705. The third-order valence-electron chi connectivity index (χ3n) is 6.85. The van der Waals surface area contributed by atoms with Gasteiger partial charge in [-0.05, 0) is 47.4 Å². The number of amides is 2. The molecule has 2 aliphatic heterocycles. The second kappa shape index (κ2) is 9.43. The summed E-state index contributed by atoms with van der Waals surface area (Å²) in [6.45, 7) is 0.488. The molecular weight excluding hydrogens is 462 g/mol. The van der Waals surface area contributed by atoms with E-state index in [-0.39, 0.29) is 23.9 Å². The highest BCUT2D eigenvalue weighted by molar-refractivity contribution is 6.22. The van der Waals surface area contributed by atoms with E-state index in [9.17, 15) is 19.7 Å². The summed E-state index contributed by atoms with van der Waals surface area (Å²) in [5.74, 6) is 0.538. The first-order valence-corrected chi connectivity index (χ1v) is 11.6. The van der Waals surface area contributed by atoms with Gasteiger partial charge in [-0.15, -0.1) is 0 Å². The van der Waals surface area contributed by atoms with Crippen LogP contribution in [0, 0.1) is 10.1 Å². The fraction of sp³-hybridized carbons (Fsp3) is 0.259. The van der Waals surface area contributed by atoms with Gasteiger partial charge in [-0.3, -0.25) is 24.6 Å². The molecule has 3 aromatic rings. The Morgan fingerprint density at radius 3 is 2.36 bits per heavy atom. The lowest BCUT2D eigenvalue weighted by Gasteiger charge is -2.40. The number of nitro groups is 1. The summed E-state index contributed by atoms with van der Waals surface area (Å²) in [5.41, 5.74) is 3.01. The van der Waals surface area contributed by atoms with Gasteiger partial charge in [0.1, 0.15) is 0 Å². The van der Waals surface area contributed by atoms with Gasteiger partial charge in [-0.1, -0.05) is 30.3 Å². The molecule has 9 heteroatoms. The van der Waals surface area contributed by atoms with Crippen molar-refractivity contribution in [3.63, 3.8) is 0 Å². The quantitative estimate of drug-likeness (QED) is 0.295. The summed E-state index contributed by atoms with van der Waals surface area (Å²) < 4.78 is 11.0. The van der Waals surface area contributed by atoms with E-state index < -0.39 is 17.0 Å². The van der Waals surface area contributed by atoms with E-state index in [0.717, 1.165) is 11.1 Å². The molecule has 9 nitrogen and oxygen atoms in total. The molecule has 3 aromatic carbocycles. The molecule has 0 unspecified atom stereocenters. The minimum absolute atomic E-state index is 0.0295. The first-order valence-electron chi connectivity index (χ1n) is 11.6. The van der Waals surface area contributed by atoms with Gasteiger partial charge in [0, 0.05) is 18.7 Å². The number of nitro benzene ring substituents is 1. The smallest absolute Gasteiger partial charge is 0.269 e. The number of fused-ring (bicyclic) bond motifs is 1. The number of ether oxygens (including phenoxy) is 2. The van der Waals surface area contributed by atoms with Gasteiger partial charge >= 0.3 is 0 Å². The van der Waals surface area contributed by atoms with Crippen LogP contribution in [0.3, 0.4) is 0 Å². The molecule has 0 bridgehead atoms. The van der Waals surface area contributed by atoms with Crippen molar-refractivity contribution < 1.29 is 24.0 Å². The number of hydrogen-bond donors (Lipinski definition) is 0. The molecule has 1 fully saturated rings. The van der Waals surface area contributed by atoms with Gasteiger partial charge in [-0.2, -0.15) is 0 Å². The zero-order valence-corrected chi connectivity index (χ0v) is 19.9. The molecule has 0 aromatic heterocycles. The van der Waals surface area contributed by atoms with E-state index in [0.29, 0.717) is 35.7 Å². The van der Waals surface area contributed by atoms with Crippen molar-refractivity contribution >= 4 is 23.2 Å². The average molecular weight is 488 g/mol. The molecule has 2 amide bonds. The predicted molar refractivity (Wildman–Crippen MR) is 132 cm³/mol. The van der Waals surface area contributed by atoms with Gasteiger partial charge in [0.2, 0.25) is 5.91 Å². The number of imide groups is 1. The molecule has 0 aliphatic carbocycles. The maximum atomic E-state index is 13.6. The summed E-state index contributed by atoms with van der Waals surface area (Å²) in [7, 11) is 3.11. The lowest BCUT2D eigenvalue weighted by atomic mass is 9.86. The van der Waals surface area contributed by atoms with Crippen LogP contribution in [-0.4, -0.2) is 48.4 Å². The fourth-order valence-electron chi connectivity index (χ4n) is 5.20. The van der Waals surface area contributed by atoms with Crippen molar-refractivity contribution in [2.24, 2.45) is 0 Å². The Kier molecular flexibility index (Phi) is 6.15.